The number of unbranched alkanes of at least 4 members (excludes halogenated alkanes) is 2. The lowest BCUT2D eigenvalue weighted by atomic mass is 10.2. The molecule has 2 heterocycles. The van der Waals surface area contributed by atoms with Crippen LogP contribution in [0.1, 0.15) is 25.7 Å². The van der Waals surface area contributed by atoms with Gasteiger partial charge in [0.15, 0.2) is 0 Å². The fourth-order valence-corrected chi connectivity index (χ4v) is 2.62. The molecule has 0 radical (unpaired) electrons. The minimum atomic E-state index is 0.827. The van der Waals surface area contributed by atoms with E-state index in [9.17, 15) is 0 Å². The van der Waals surface area contributed by atoms with Crippen molar-refractivity contribution >= 4 is 5.82 Å². The number of aromatic nitrogens is 1. The zero-order chi connectivity index (χ0) is 13.3. The van der Waals surface area contributed by atoms with Crippen molar-refractivity contribution in [3.63, 3.8) is 0 Å². The van der Waals surface area contributed by atoms with Gasteiger partial charge in [0.05, 0.1) is 0 Å². The van der Waals surface area contributed by atoms with Crippen LogP contribution in [0, 0.1) is 0 Å². The first kappa shape index (κ1) is 14.3. The molecule has 106 valence electrons. The second-order valence-electron chi connectivity index (χ2n) is 5.22. The number of hydrogen-bond donors (Lipinski definition) is 1. The van der Waals surface area contributed by atoms with Gasteiger partial charge in [-0.2, -0.15) is 0 Å². The highest BCUT2D eigenvalue weighted by Crippen LogP contribution is 2.13. The highest BCUT2D eigenvalue weighted by Gasteiger charge is 2.15. The van der Waals surface area contributed by atoms with E-state index in [0.717, 1.165) is 38.4 Å². The Morgan fingerprint density at radius 1 is 1.05 bits per heavy atom. The lowest BCUT2D eigenvalue weighted by Crippen LogP contribution is -2.31. The Balaban J connectivity index is 1.75. The molecule has 1 aromatic rings. The van der Waals surface area contributed by atoms with Crippen molar-refractivity contribution < 1.29 is 0 Å². The Morgan fingerprint density at radius 3 is 2.79 bits per heavy atom. The number of nitrogens with zero attached hydrogens (tertiary/aromatic N) is 3. The predicted octanol–water partition coefficient (Wildman–Crippen LogP) is 1.72. The van der Waals surface area contributed by atoms with Crippen LogP contribution in [0.4, 0.5) is 5.82 Å². The third-order valence-electron chi connectivity index (χ3n) is 3.74. The summed E-state index contributed by atoms with van der Waals surface area (Å²) in [7, 11) is 0. The number of anilines is 1. The van der Waals surface area contributed by atoms with Gasteiger partial charge in [-0.3, -0.25) is 0 Å². The van der Waals surface area contributed by atoms with Crippen molar-refractivity contribution in [3.8, 4) is 0 Å². The van der Waals surface area contributed by atoms with Gasteiger partial charge in [-0.05, 0) is 51.0 Å². The van der Waals surface area contributed by atoms with Crippen molar-refractivity contribution in [2.75, 3.05) is 44.2 Å². The molecule has 0 amide bonds. The quantitative estimate of drug-likeness (QED) is 0.793. The highest BCUT2D eigenvalue weighted by molar-refractivity contribution is 5.37. The van der Waals surface area contributed by atoms with Crippen LogP contribution in [0.2, 0.25) is 0 Å². The Labute approximate surface area is 116 Å². The first-order chi connectivity index (χ1) is 9.40. The normalized spacial score (nSPS) is 17.4. The second-order valence-corrected chi connectivity index (χ2v) is 5.22. The SMILES string of the molecule is NCCCCCN1CCCN(c2ccccn2)CC1. The summed E-state index contributed by atoms with van der Waals surface area (Å²) < 4.78 is 0. The van der Waals surface area contributed by atoms with Crippen LogP contribution in [0.3, 0.4) is 0 Å². The van der Waals surface area contributed by atoms with Gasteiger partial charge >= 0.3 is 0 Å². The monoisotopic (exact) mass is 262 g/mol. The van der Waals surface area contributed by atoms with Crippen molar-refractivity contribution in [3.05, 3.63) is 24.4 Å². The average Bonchev–Trinajstić information content (AvgIpc) is 2.70. The van der Waals surface area contributed by atoms with Crippen LogP contribution < -0.4 is 10.6 Å². The van der Waals surface area contributed by atoms with E-state index < -0.39 is 0 Å². The van der Waals surface area contributed by atoms with Gasteiger partial charge in [0.1, 0.15) is 5.82 Å². The van der Waals surface area contributed by atoms with Crippen LogP contribution in [0.5, 0.6) is 0 Å². The summed E-state index contributed by atoms with van der Waals surface area (Å²) in [6, 6.07) is 6.15. The molecule has 4 nitrogen and oxygen atoms in total. The third-order valence-corrected chi connectivity index (χ3v) is 3.74. The first-order valence-electron chi connectivity index (χ1n) is 7.48. The molecule has 1 aromatic heterocycles. The summed E-state index contributed by atoms with van der Waals surface area (Å²) in [5.74, 6) is 1.12. The Kier molecular flexibility index (Phi) is 6.11. The van der Waals surface area contributed by atoms with E-state index in [1.165, 1.54) is 32.4 Å². The maximum absolute atomic E-state index is 5.53. The molecule has 0 aromatic carbocycles. The fraction of sp³-hybridized carbons (Fsp3) is 0.667. The summed E-state index contributed by atoms with van der Waals surface area (Å²) in [4.78, 5) is 9.43. The van der Waals surface area contributed by atoms with Gasteiger partial charge < -0.3 is 15.5 Å². The number of nitrogens with two attached hydrogens (primary N) is 1. The lowest BCUT2D eigenvalue weighted by molar-refractivity contribution is 0.286. The van der Waals surface area contributed by atoms with E-state index in [-0.39, 0.29) is 0 Å². The summed E-state index contributed by atoms with van der Waals surface area (Å²) >= 11 is 0. The smallest absolute Gasteiger partial charge is 0.128 e. The van der Waals surface area contributed by atoms with Crippen molar-refractivity contribution in [2.45, 2.75) is 25.7 Å². The molecule has 19 heavy (non-hydrogen) atoms. The highest BCUT2D eigenvalue weighted by atomic mass is 15.2. The molecule has 0 spiro atoms. The fourth-order valence-electron chi connectivity index (χ4n) is 2.62. The van der Waals surface area contributed by atoms with E-state index in [0.29, 0.717) is 0 Å². The molecule has 1 fully saturated rings. The largest absolute Gasteiger partial charge is 0.355 e. The third kappa shape index (κ3) is 4.80. The average molecular weight is 262 g/mol. The molecular weight excluding hydrogens is 236 g/mol. The van der Waals surface area contributed by atoms with Crippen LogP contribution >= 0.6 is 0 Å². The van der Waals surface area contributed by atoms with E-state index >= 15 is 0 Å². The molecule has 0 unspecified atom stereocenters. The topological polar surface area (TPSA) is 45.4 Å². The Morgan fingerprint density at radius 2 is 2.00 bits per heavy atom. The van der Waals surface area contributed by atoms with E-state index in [4.69, 9.17) is 5.73 Å². The van der Waals surface area contributed by atoms with Crippen molar-refractivity contribution in [1.82, 2.24) is 9.88 Å². The van der Waals surface area contributed by atoms with Crippen LogP contribution in [-0.2, 0) is 0 Å². The van der Waals surface area contributed by atoms with Gasteiger partial charge in [0, 0.05) is 25.8 Å². The summed E-state index contributed by atoms with van der Waals surface area (Å²) in [5.41, 5.74) is 5.53. The summed E-state index contributed by atoms with van der Waals surface area (Å²) in [5, 5.41) is 0. The molecule has 1 aliphatic heterocycles. The van der Waals surface area contributed by atoms with Gasteiger partial charge in [-0.25, -0.2) is 4.98 Å². The zero-order valence-corrected chi connectivity index (χ0v) is 11.8. The zero-order valence-electron chi connectivity index (χ0n) is 11.8. The number of pyridine rings is 1. The minimum absolute atomic E-state index is 0.827. The van der Waals surface area contributed by atoms with E-state index in [1.54, 1.807) is 0 Å². The Bertz CT molecular complexity index is 341. The van der Waals surface area contributed by atoms with Crippen molar-refractivity contribution in [2.24, 2.45) is 5.73 Å². The van der Waals surface area contributed by atoms with Gasteiger partial charge in [-0.1, -0.05) is 12.5 Å². The maximum atomic E-state index is 5.53. The molecule has 4 heteroatoms. The standard InChI is InChI=1S/C15H26N4/c16-8-3-1-5-10-18-11-6-12-19(14-13-18)15-7-2-4-9-17-15/h2,4,7,9H,1,3,5-6,8,10-14,16H2. The van der Waals surface area contributed by atoms with E-state index in [1.807, 2.05) is 12.3 Å². The molecule has 0 bridgehead atoms. The maximum Gasteiger partial charge on any atom is 0.128 e. The second kappa shape index (κ2) is 8.12. The molecule has 2 N–H and O–H groups in total. The van der Waals surface area contributed by atoms with Crippen molar-refractivity contribution in [1.29, 1.82) is 0 Å². The summed E-state index contributed by atoms with van der Waals surface area (Å²) in [6.07, 6.45) is 6.81. The van der Waals surface area contributed by atoms with Crippen LogP contribution in [0.15, 0.2) is 24.4 Å². The molecule has 0 atom stereocenters. The van der Waals surface area contributed by atoms with Crippen LogP contribution in [-0.4, -0.2) is 49.2 Å². The molecule has 2 rings (SSSR count). The number of rotatable bonds is 6. The molecule has 0 aliphatic carbocycles. The Hall–Kier alpha value is -1.13. The molecular formula is C15H26N4. The summed E-state index contributed by atoms with van der Waals surface area (Å²) in [6.45, 7) is 6.62. The molecule has 1 aliphatic rings. The van der Waals surface area contributed by atoms with Crippen LogP contribution in [0.25, 0.3) is 0 Å². The molecule has 0 saturated carbocycles. The molecule has 1 saturated heterocycles. The minimum Gasteiger partial charge on any atom is -0.355 e. The van der Waals surface area contributed by atoms with E-state index in [2.05, 4.69) is 26.9 Å². The number of hydrogen-bond acceptors (Lipinski definition) is 4. The van der Waals surface area contributed by atoms with Gasteiger partial charge in [-0.15, -0.1) is 0 Å². The predicted molar refractivity (Wildman–Crippen MR) is 80.4 cm³/mol. The van der Waals surface area contributed by atoms with Gasteiger partial charge in [0.2, 0.25) is 0 Å². The first-order valence-corrected chi connectivity index (χ1v) is 7.48. The lowest BCUT2D eigenvalue weighted by Gasteiger charge is -2.22. The van der Waals surface area contributed by atoms with Gasteiger partial charge in [0.25, 0.3) is 0 Å².